The van der Waals surface area contributed by atoms with Crippen LogP contribution < -0.4 is 5.32 Å². The van der Waals surface area contributed by atoms with Crippen LogP contribution in [0.1, 0.15) is 19.8 Å². The molecular weight excluding hydrogens is 158 g/mol. The summed E-state index contributed by atoms with van der Waals surface area (Å²) in [6, 6.07) is 0. The largest absolute Gasteiger partial charge is 0.480 e. The van der Waals surface area contributed by atoms with Gasteiger partial charge in [0.15, 0.2) is 0 Å². The molecule has 0 amide bonds. The first-order chi connectivity index (χ1) is 5.77. The van der Waals surface area contributed by atoms with Crippen LogP contribution in [0.15, 0.2) is 0 Å². The summed E-state index contributed by atoms with van der Waals surface area (Å²) in [5.74, 6) is -0.815. The number of ether oxygens (including phenoxy) is 1. The number of carboxylic acid groups (broad SMARTS) is 1. The molecule has 0 aliphatic carbocycles. The number of hydrogen-bond donors (Lipinski definition) is 2. The Labute approximate surface area is 72.9 Å². The molecule has 0 rings (SSSR count). The van der Waals surface area contributed by atoms with E-state index in [1.54, 1.807) is 0 Å². The lowest BCUT2D eigenvalue weighted by Gasteiger charge is -2.02. The quantitative estimate of drug-likeness (QED) is 0.527. The van der Waals surface area contributed by atoms with Gasteiger partial charge in [0.1, 0.15) is 0 Å². The maximum atomic E-state index is 10.0. The van der Waals surface area contributed by atoms with E-state index in [0.717, 1.165) is 19.4 Å². The van der Waals surface area contributed by atoms with Gasteiger partial charge in [0.05, 0.1) is 6.54 Å². The molecule has 0 spiro atoms. The first kappa shape index (κ1) is 11.4. The molecule has 0 aromatic rings. The zero-order valence-electron chi connectivity index (χ0n) is 7.51. The maximum absolute atomic E-state index is 10.0. The van der Waals surface area contributed by atoms with Gasteiger partial charge in [-0.15, -0.1) is 0 Å². The predicted octanol–water partition coefficient (Wildman–Crippen LogP) is 0.477. The predicted molar refractivity (Wildman–Crippen MR) is 46.2 cm³/mol. The summed E-state index contributed by atoms with van der Waals surface area (Å²) < 4.78 is 5.20. The monoisotopic (exact) mass is 175 g/mol. The molecule has 0 aliphatic rings. The van der Waals surface area contributed by atoms with Crippen LogP contribution >= 0.6 is 0 Å². The number of aliphatic carboxylic acids is 1. The topological polar surface area (TPSA) is 58.6 Å². The molecule has 0 radical (unpaired) electrons. The molecular formula is C8H17NO3. The van der Waals surface area contributed by atoms with Crippen LogP contribution in [0.3, 0.4) is 0 Å². The zero-order chi connectivity index (χ0) is 9.23. The smallest absolute Gasteiger partial charge is 0.317 e. The van der Waals surface area contributed by atoms with Crippen LogP contribution in [0.4, 0.5) is 0 Å². The Bertz CT molecular complexity index is 117. The summed E-state index contributed by atoms with van der Waals surface area (Å²) in [4.78, 5) is 10.0. The van der Waals surface area contributed by atoms with Gasteiger partial charge in [0.25, 0.3) is 0 Å². The molecule has 0 saturated heterocycles. The van der Waals surface area contributed by atoms with E-state index in [0.29, 0.717) is 13.2 Å². The Hall–Kier alpha value is -0.610. The zero-order valence-corrected chi connectivity index (χ0v) is 7.51. The fraction of sp³-hybridized carbons (Fsp3) is 0.875. The fourth-order valence-corrected chi connectivity index (χ4v) is 0.741. The number of rotatable bonds is 8. The van der Waals surface area contributed by atoms with Gasteiger partial charge in [-0.05, 0) is 19.4 Å². The van der Waals surface area contributed by atoms with Crippen molar-refractivity contribution in [3.05, 3.63) is 0 Å². The van der Waals surface area contributed by atoms with Crippen molar-refractivity contribution in [2.24, 2.45) is 0 Å². The van der Waals surface area contributed by atoms with Gasteiger partial charge in [0.2, 0.25) is 0 Å². The number of carboxylic acids is 1. The van der Waals surface area contributed by atoms with Gasteiger partial charge < -0.3 is 15.2 Å². The fourth-order valence-electron chi connectivity index (χ4n) is 0.741. The minimum Gasteiger partial charge on any atom is -0.480 e. The van der Waals surface area contributed by atoms with Crippen LogP contribution in [0.2, 0.25) is 0 Å². The van der Waals surface area contributed by atoms with Crippen molar-refractivity contribution in [3.63, 3.8) is 0 Å². The van der Waals surface area contributed by atoms with Crippen molar-refractivity contribution < 1.29 is 14.6 Å². The molecule has 0 unspecified atom stereocenters. The lowest BCUT2D eigenvalue weighted by atomic mass is 10.4. The van der Waals surface area contributed by atoms with Gasteiger partial charge in [-0.3, -0.25) is 4.79 Å². The first-order valence-electron chi connectivity index (χ1n) is 4.27. The maximum Gasteiger partial charge on any atom is 0.317 e. The molecule has 12 heavy (non-hydrogen) atoms. The normalized spacial score (nSPS) is 10.1. The van der Waals surface area contributed by atoms with E-state index in [-0.39, 0.29) is 6.54 Å². The van der Waals surface area contributed by atoms with Crippen molar-refractivity contribution in [1.82, 2.24) is 5.32 Å². The second-order valence-electron chi connectivity index (χ2n) is 2.54. The number of nitrogens with one attached hydrogen (secondary N) is 1. The van der Waals surface area contributed by atoms with E-state index in [4.69, 9.17) is 9.84 Å². The van der Waals surface area contributed by atoms with E-state index < -0.39 is 5.97 Å². The molecule has 0 aliphatic heterocycles. The highest BCUT2D eigenvalue weighted by molar-refractivity contribution is 5.68. The van der Waals surface area contributed by atoms with Gasteiger partial charge >= 0.3 is 5.97 Å². The summed E-state index contributed by atoms with van der Waals surface area (Å²) >= 11 is 0. The van der Waals surface area contributed by atoms with E-state index in [2.05, 4.69) is 12.2 Å². The van der Waals surface area contributed by atoms with Gasteiger partial charge in [-0.1, -0.05) is 6.92 Å². The van der Waals surface area contributed by atoms with Gasteiger partial charge in [0, 0.05) is 13.2 Å². The molecule has 4 nitrogen and oxygen atoms in total. The molecule has 0 heterocycles. The molecule has 0 fully saturated rings. The molecule has 0 atom stereocenters. The first-order valence-corrected chi connectivity index (χ1v) is 4.27. The average Bonchev–Trinajstić information content (AvgIpc) is 2.02. The summed E-state index contributed by atoms with van der Waals surface area (Å²) in [7, 11) is 0. The molecule has 0 aromatic carbocycles. The number of carbonyl (C=O) groups is 1. The number of hydrogen-bond acceptors (Lipinski definition) is 3. The molecule has 4 heteroatoms. The van der Waals surface area contributed by atoms with Gasteiger partial charge in [-0.25, -0.2) is 0 Å². The third kappa shape index (κ3) is 9.39. The average molecular weight is 175 g/mol. The minimum absolute atomic E-state index is 0.0355. The molecule has 0 saturated carbocycles. The summed E-state index contributed by atoms with van der Waals surface area (Å²) in [5, 5.41) is 11.0. The Morgan fingerprint density at radius 2 is 2.25 bits per heavy atom. The highest BCUT2D eigenvalue weighted by atomic mass is 16.5. The lowest BCUT2D eigenvalue weighted by Crippen LogP contribution is -2.24. The Morgan fingerprint density at radius 3 is 2.83 bits per heavy atom. The summed E-state index contributed by atoms with van der Waals surface area (Å²) in [6.07, 6.45) is 1.90. The Morgan fingerprint density at radius 1 is 1.50 bits per heavy atom. The lowest BCUT2D eigenvalue weighted by molar-refractivity contribution is -0.135. The van der Waals surface area contributed by atoms with Crippen LogP contribution in [0, 0.1) is 0 Å². The highest BCUT2D eigenvalue weighted by Gasteiger charge is 1.93. The Balaban J connectivity index is 2.86. The van der Waals surface area contributed by atoms with Crippen molar-refractivity contribution in [2.75, 3.05) is 26.3 Å². The third-order valence-electron chi connectivity index (χ3n) is 1.27. The van der Waals surface area contributed by atoms with Crippen LogP contribution in [-0.2, 0) is 9.53 Å². The summed E-state index contributed by atoms with van der Waals surface area (Å²) in [6.45, 7) is 4.30. The van der Waals surface area contributed by atoms with Crippen LogP contribution in [0.5, 0.6) is 0 Å². The van der Waals surface area contributed by atoms with Crippen molar-refractivity contribution in [1.29, 1.82) is 0 Å². The third-order valence-corrected chi connectivity index (χ3v) is 1.27. The van der Waals surface area contributed by atoms with Crippen LogP contribution in [-0.4, -0.2) is 37.4 Å². The van der Waals surface area contributed by atoms with E-state index in [9.17, 15) is 4.79 Å². The van der Waals surface area contributed by atoms with Gasteiger partial charge in [-0.2, -0.15) is 0 Å². The molecule has 2 N–H and O–H groups in total. The molecule has 0 aromatic heterocycles. The second-order valence-corrected chi connectivity index (χ2v) is 2.54. The van der Waals surface area contributed by atoms with E-state index in [1.807, 2.05) is 0 Å². The Kier molecular flexibility index (Phi) is 8.05. The standard InChI is InChI=1S/C8H17NO3/c1-2-5-12-6-3-4-9-7-8(10)11/h9H,2-7H2,1H3,(H,10,11). The van der Waals surface area contributed by atoms with E-state index in [1.165, 1.54) is 0 Å². The van der Waals surface area contributed by atoms with E-state index >= 15 is 0 Å². The molecule has 0 bridgehead atoms. The highest BCUT2D eigenvalue weighted by Crippen LogP contribution is 1.83. The summed E-state index contributed by atoms with van der Waals surface area (Å²) in [5.41, 5.74) is 0. The van der Waals surface area contributed by atoms with Crippen molar-refractivity contribution >= 4 is 5.97 Å². The van der Waals surface area contributed by atoms with Crippen molar-refractivity contribution in [2.45, 2.75) is 19.8 Å². The van der Waals surface area contributed by atoms with Crippen LogP contribution in [0.25, 0.3) is 0 Å². The molecule has 72 valence electrons. The minimum atomic E-state index is -0.815. The van der Waals surface area contributed by atoms with Crippen molar-refractivity contribution in [3.8, 4) is 0 Å². The SMILES string of the molecule is CCCOCCCNCC(=O)O. The second kappa shape index (κ2) is 8.49.